The van der Waals surface area contributed by atoms with E-state index in [1.807, 2.05) is 18.2 Å². The first-order valence-corrected chi connectivity index (χ1v) is 9.82. The normalized spacial score (nSPS) is 22.8. The lowest BCUT2D eigenvalue weighted by Gasteiger charge is -2.48. The zero-order chi connectivity index (χ0) is 18.4. The van der Waals surface area contributed by atoms with Crippen LogP contribution in [0.4, 0.5) is 5.69 Å². The first kappa shape index (κ1) is 16.3. The molecule has 1 aromatic heterocycles. The quantitative estimate of drug-likeness (QED) is 0.832. The molecule has 136 valence electrons. The fourth-order valence-corrected chi connectivity index (χ4v) is 4.78. The van der Waals surface area contributed by atoms with Gasteiger partial charge in [0.15, 0.2) is 0 Å². The summed E-state index contributed by atoms with van der Waals surface area (Å²) < 4.78 is 2.39. The van der Waals surface area contributed by atoms with Crippen LogP contribution in [0.5, 0.6) is 0 Å². The highest BCUT2D eigenvalue weighted by Gasteiger charge is 2.43. The first-order chi connectivity index (χ1) is 13.2. The Morgan fingerprint density at radius 2 is 2.04 bits per heavy atom. The Morgan fingerprint density at radius 3 is 2.85 bits per heavy atom. The Hall–Kier alpha value is -2.93. The third-order valence-corrected chi connectivity index (χ3v) is 6.24. The molecule has 0 bridgehead atoms. The van der Waals surface area contributed by atoms with Gasteiger partial charge in [0.1, 0.15) is 0 Å². The van der Waals surface area contributed by atoms with Gasteiger partial charge in [-0.25, -0.2) is 0 Å². The van der Waals surface area contributed by atoms with Gasteiger partial charge in [0.25, 0.3) is 0 Å². The molecule has 1 spiro atoms. The molecule has 0 amide bonds. The molecule has 1 N–H and O–H groups in total. The third kappa shape index (κ3) is 2.57. The van der Waals surface area contributed by atoms with Crippen LogP contribution in [0.3, 0.4) is 0 Å². The van der Waals surface area contributed by atoms with Gasteiger partial charge in [-0.15, -0.1) is 0 Å². The molecular weight excluding hydrogens is 332 g/mol. The summed E-state index contributed by atoms with van der Waals surface area (Å²) in [7, 11) is 0. The van der Waals surface area contributed by atoms with E-state index in [1.54, 1.807) is 0 Å². The molecule has 4 nitrogen and oxygen atoms in total. The van der Waals surface area contributed by atoms with Crippen molar-refractivity contribution in [2.75, 3.05) is 18.0 Å². The predicted octanol–water partition coefficient (Wildman–Crippen LogP) is 4.22. The predicted molar refractivity (Wildman–Crippen MR) is 108 cm³/mol. The standard InChI is InChI=1S/C23H24N4/c1-17-7-8-21-20(14-17)25-23(22-6-3-11-27(21)22)9-12-26(13-10-23)19-5-2-4-18(15-19)16-24/h2-6,8,11,14-15,17,25H,7,9-10,12-13H2,1H3. The highest BCUT2D eigenvalue weighted by atomic mass is 15.2. The zero-order valence-electron chi connectivity index (χ0n) is 15.7. The number of hydrogen-bond donors (Lipinski definition) is 1. The van der Waals surface area contributed by atoms with E-state index < -0.39 is 0 Å². The second-order valence-electron chi connectivity index (χ2n) is 8.00. The van der Waals surface area contributed by atoms with Crippen LogP contribution < -0.4 is 10.2 Å². The number of benzene rings is 1. The smallest absolute Gasteiger partial charge is 0.0992 e. The van der Waals surface area contributed by atoms with E-state index in [4.69, 9.17) is 0 Å². The van der Waals surface area contributed by atoms with Crippen LogP contribution in [0.25, 0.3) is 5.70 Å². The third-order valence-electron chi connectivity index (χ3n) is 6.24. The van der Waals surface area contributed by atoms with Crippen molar-refractivity contribution in [3.05, 3.63) is 71.7 Å². The van der Waals surface area contributed by atoms with E-state index in [0.717, 1.165) is 43.6 Å². The van der Waals surface area contributed by atoms with Gasteiger partial charge in [0, 0.05) is 30.7 Å². The van der Waals surface area contributed by atoms with Crippen molar-refractivity contribution in [3.8, 4) is 6.07 Å². The largest absolute Gasteiger partial charge is 0.372 e. The summed E-state index contributed by atoms with van der Waals surface area (Å²) in [5, 5.41) is 13.1. The maximum atomic E-state index is 9.18. The van der Waals surface area contributed by atoms with Gasteiger partial charge < -0.3 is 14.8 Å². The lowest BCUT2D eigenvalue weighted by Crippen LogP contribution is -2.54. The lowest BCUT2D eigenvalue weighted by atomic mass is 9.81. The Bertz CT molecular complexity index is 980. The van der Waals surface area contributed by atoms with E-state index in [1.165, 1.54) is 17.1 Å². The summed E-state index contributed by atoms with van der Waals surface area (Å²) in [6, 6.07) is 14.7. The minimum atomic E-state index is -0.00687. The summed E-state index contributed by atoms with van der Waals surface area (Å²) in [5.41, 5.74) is 5.86. The highest BCUT2D eigenvalue weighted by molar-refractivity contribution is 5.69. The van der Waals surface area contributed by atoms with Crippen LogP contribution in [0.2, 0.25) is 0 Å². The molecule has 2 aliphatic heterocycles. The Kier molecular flexibility index (Phi) is 3.65. The average Bonchev–Trinajstić information content (AvgIpc) is 3.20. The van der Waals surface area contributed by atoms with E-state index in [9.17, 15) is 5.26 Å². The molecule has 27 heavy (non-hydrogen) atoms. The summed E-state index contributed by atoms with van der Waals surface area (Å²) in [6.07, 6.45) is 10.2. The molecule has 3 heterocycles. The second kappa shape index (κ2) is 6.06. The summed E-state index contributed by atoms with van der Waals surface area (Å²) >= 11 is 0. The van der Waals surface area contributed by atoms with Gasteiger partial charge in [-0.2, -0.15) is 5.26 Å². The maximum Gasteiger partial charge on any atom is 0.0992 e. The number of nitrogens with one attached hydrogen (secondary N) is 1. The maximum absolute atomic E-state index is 9.18. The Labute approximate surface area is 160 Å². The van der Waals surface area contributed by atoms with Gasteiger partial charge >= 0.3 is 0 Å². The van der Waals surface area contributed by atoms with Crippen LogP contribution in [0, 0.1) is 17.2 Å². The molecule has 1 atom stereocenters. The number of aromatic nitrogens is 1. The fourth-order valence-electron chi connectivity index (χ4n) is 4.78. The number of allylic oxidation sites excluding steroid dienone is 3. The van der Waals surface area contributed by atoms with Crippen molar-refractivity contribution >= 4 is 11.4 Å². The van der Waals surface area contributed by atoms with Crippen molar-refractivity contribution in [3.63, 3.8) is 0 Å². The first-order valence-electron chi connectivity index (χ1n) is 9.82. The molecular formula is C23H24N4. The molecule has 1 saturated heterocycles. The molecule has 5 rings (SSSR count). The van der Waals surface area contributed by atoms with Crippen molar-refractivity contribution in [1.29, 1.82) is 5.26 Å². The van der Waals surface area contributed by atoms with Crippen molar-refractivity contribution < 1.29 is 0 Å². The number of fused-ring (bicyclic) bond motifs is 4. The number of rotatable bonds is 1. The number of nitrogens with zero attached hydrogens (tertiary/aromatic N) is 3. The van der Waals surface area contributed by atoms with Crippen LogP contribution in [-0.4, -0.2) is 17.7 Å². The Morgan fingerprint density at radius 1 is 1.19 bits per heavy atom. The topological polar surface area (TPSA) is 44.0 Å². The van der Waals surface area contributed by atoms with E-state index >= 15 is 0 Å². The van der Waals surface area contributed by atoms with Crippen molar-refractivity contribution in [1.82, 2.24) is 9.88 Å². The van der Waals surface area contributed by atoms with Crippen LogP contribution in [0.15, 0.2) is 60.4 Å². The van der Waals surface area contributed by atoms with Gasteiger partial charge in [0.2, 0.25) is 0 Å². The monoisotopic (exact) mass is 356 g/mol. The number of nitriles is 1. The van der Waals surface area contributed by atoms with Crippen molar-refractivity contribution in [2.45, 2.75) is 31.7 Å². The van der Waals surface area contributed by atoms with Crippen LogP contribution >= 0.6 is 0 Å². The van der Waals surface area contributed by atoms with Gasteiger partial charge in [0.05, 0.1) is 28.6 Å². The van der Waals surface area contributed by atoms with E-state index in [0.29, 0.717) is 5.92 Å². The highest BCUT2D eigenvalue weighted by Crippen LogP contribution is 2.43. The molecule has 1 fully saturated rings. The molecule has 2 aromatic rings. The second-order valence-corrected chi connectivity index (χ2v) is 8.00. The summed E-state index contributed by atoms with van der Waals surface area (Å²) in [4.78, 5) is 2.41. The molecule has 1 unspecified atom stereocenters. The SMILES string of the molecule is CC1C=C2NC3(CCN(c4cccc(C#N)c4)CC3)c3cccn3C2=CC1. The van der Waals surface area contributed by atoms with Crippen molar-refractivity contribution in [2.24, 2.45) is 5.92 Å². The van der Waals surface area contributed by atoms with Gasteiger partial charge in [-0.05, 0) is 55.5 Å². The van der Waals surface area contributed by atoms with Crippen LogP contribution in [-0.2, 0) is 5.54 Å². The van der Waals surface area contributed by atoms with Crippen LogP contribution in [0.1, 0.15) is 37.4 Å². The Balaban J connectivity index is 1.45. The molecule has 1 aromatic carbocycles. The molecule has 3 aliphatic rings. The molecule has 0 saturated carbocycles. The molecule has 1 aliphatic carbocycles. The van der Waals surface area contributed by atoms with E-state index in [2.05, 4.69) is 64.3 Å². The molecule has 4 heteroatoms. The minimum Gasteiger partial charge on any atom is -0.372 e. The lowest BCUT2D eigenvalue weighted by molar-refractivity contribution is 0.267. The van der Waals surface area contributed by atoms with Gasteiger partial charge in [-0.1, -0.05) is 25.1 Å². The zero-order valence-corrected chi connectivity index (χ0v) is 15.7. The molecule has 0 radical (unpaired) electrons. The number of anilines is 1. The number of piperidine rings is 1. The average molecular weight is 356 g/mol. The van der Waals surface area contributed by atoms with E-state index in [-0.39, 0.29) is 5.54 Å². The summed E-state index contributed by atoms with van der Waals surface area (Å²) in [6.45, 7) is 4.24. The minimum absolute atomic E-state index is 0.00687. The van der Waals surface area contributed by atoms with Gasteiger partial charge in [-0.3, -0.25) is 0 Å². The number of hydrogen-bond acceptors (Lipinski definition) is 3. The fraction of sp³-hybridized carbons (Fsp3) is 0.348. The summed E-state index contributed by atoms with van der Waals surface area (Å²) in [5.74, 6) is 0.583.